The van der Waals surface area contributed by atoms with E-state index in [4.69, 9.17) is 9.15 Å². The first-order valence-electron chi connectivity index (χ1n) is 8.00. The van der Waals surface area contributed by atoms with Crippen LogP contribution >= 0.6 is 0 Å². The Morgan fingerprint density at radius 1 is 1.17 bits per heavy atom. The molecular formula is C19H20O4. The number of hydrogen-bond acceptors (Lipinski definition) is 4. The van der Waals surface area contributed by atoms with Crippen molar-refractivity contribution in [2.75, 3.05) is 7.11 Å². The fourth-order valence-corrected chi connectivity index (χ4v) is 2.97. The summed E-state index contributed by atoms with van der Waals surface area (Å²) in [7, 11) is 1.61. The largest absolute Gasteiger partial charge is 0.497 e. The van der Waals surface area contributed by atoms with E-state index in [1.165, 1.54) is 0 Å². The molecule has 0 saturated heterocycles. The number of carbonyl (C=O) groups is 1. The number of hydrogen-bond donors (Lipinski definition) is 0. The minimum Gasteiger partial charge on any atom is -0.497 e. The van der Waals surface area contributed by atoms with Gasteiger partial charge in [-0.05, 0) is 61.9 Å². The standard InChI is InChI=1S/C19H20O4/c1-22-16-9-10-18-15(12-16)11-14(19(21)23-18)7-4-6-13-5-2-3-8-17(13)20/h5,9-12H,2-4,6-8H2,1H3. The van der Waals surface area contributed by atoms with Gasteiger partial charge in [0.1, 0.15) is 11.3 Å². The van der Waals surface area contributed by atoms with Crippen LogP contribution in [-0.4, -0.2) is 12.9 Å². The van der Waals surface area contributed by atoms with Crippen molar-refractivity contribution in [3.05, 3.63) is 51.9 Å². The molecule has 1 heterocycles. The Balaban J connectivity index is 1.74. The van der Waals surface area contributed by atoms with Crippen molar-refractivity contribution < 1.29 is 13.9 Å². The van der Waals surface area contributed by atoms with Crippen molar-refractivity contribution in [1.82, 2.24) is 0 Å². The van der Waals surface area contributed by atoms with Gasteiger partial charge in [0.05, 0.1) is 7.11 Å². The number of ketones is 1. The van der Waals surface area contributed by atoms with Gasteiger partial charge in [-0.25, -0.2) is 4.79 Å². The van der Waals surface area contributed by atoms with E-state index in [-0.39, 0.29) is 11.4 Å². The molecule has 0 radical (unpaired) electrons. The number of Topliss-reactive ketones (excluding diaryl/α,β-unsaturated/α-hetero) is 1. The molecule has 3 rings (SSSR count). The molecule has 0 atom stereocenters. The summed E-state index contributed by atoms with van der Waals surface area (Å²) in [4.78, 5) is 23.8. The summed E-state index contributed by atoms with van der Waals surface area (Å²) in [6.45, 7) is 0. The van der Waals surface area contributed by atoms with E-state index in [0.717, 1.165) is 42.4 Å². The maximum Gasteiger partial charge on any atom is 0.339 e. The topological polar surface area (TPSA) is 56.5 Å². The fourth-order valence-electron chi connectivity index (χ4n) is 2.97. The molecule has 0 spiro atoms. The van der Waals surface area contributed by atoms with Gasteiger partial charge < -0.3 is 9.15 Å². The highest BCUT2D eigenvalue weighted by molar-refractivity contribution is 5.95. The van der Waals surface area contributed by atoms with Gasteiger partial charge in [0.2, 0.25) is 0 Å². The first-order valence-corrected chi connectivity index (χ1v) is 8.00. The van der Waals surface area contributed by atoms with Gasteiger partial charge in [0, 0.05) is 17.4 Å². The molecule has 0 saturated carbocycles. The monoisotopic (exact) mass is 312 g/mol. The molecule has 0 amide bonds. The number of ether oxygens (including phenoxy) is 1. The third-order valence-corrected chi connectivity index (χ3v) is 4.26. The Morgan fingerprint density at radius 2 is 2.04 bits per heavy atom. The second kappa shape index (κ2) is 6.82. The number of carbonyl (C=O) groups excluding carboxylic acids is 1. The lowest BCUT2D eigenvalue weighted by Gasteiger charge is -2.11. The lowest BCUT2D eigenvalue weighted by Crippen LogP contribution is -2.10. The normalized spacial score (nSPS) is 14.8. The Labute approximate surface area is 134 Å². The van der Waals surface area contributed by atoms with Crippen molar-refractivity contribution >= 4 is 16.8 Å². The minimum absolute atomic E-state index is 0.256. The van der Waals surface area contributed by atoms with Gasteiger partial charge in [-0.15, -0.1) is 0 Å². The molecule has 2 aromatic rings. The van der Waals surface area contributed by atoms with Crippen LogP contribution in [0.5, 0.6) is 5.75 Å². The average molecular weight is 312 g/mol. The second-order valence-corrected chi connectivity index (χ2v) is 5.86. The summed E-state index contributed by atoms with van der Waals surface area (Å²) in [5.74, 6) is 0.988. The summed E-state index contributed by atoms with van der Waals surface area (Å²) < 4.78 is 10.6. The Kier molecular flexibility index (Phi) is 4.60. The smallest absolute Gasteiger partial charge is 0.339 e. The maximum atomic E-state index is 12.1. The predicted octanol–water partition coefficient (Wildman–Crippen LogP) is 3.80. The number of aryl methyl sites for hydroxylation is 1. The van der Waals surface area contributed by atoms with Gasteiger partial charge in [-0.1, -0.05) is 6.08 Å². The third-order valence-electron chi connectivity index (χ3n) is 4.26. The summed E-state index contributed by atoms with van der Waals surface area (Å²) in [5.41, 5.74) is 1.83. The zero-order chi connectivity index (χ0) is 16.2. The van der Waals surface area contributed by atoms with Gasteiger partial charge in [-0.2, -0.15) is 0 Å². The number of allylic oxidation sites excluding steroid dienone is 2. The van der Waals surface area contributed by atoms with Crippen LogP contribution in [-0.2, 0) is 11.2 Å². The molecule has 1 aliphatic rings. The number of benzene rings is 1. The van der Waals surface area contributed by atoms with Crippen LogP contribution in [0.15, 0.2) is 45.1 Å². The lowest BCUT2D eigenvalue weighted by atomic mass is 9.93. The van der Waals surface area contributed by atoms with Gasteiger partial charge in [-0.3, -0.25) is 4.79 Å². The molecule has 0 fully saturated rings. The zero-order valence-corrected chi connectivity index (χ0v) is 13.3. The van der Waals surface area contributed by atoms with E-state index in [0.29, 0.717) is 24.0 Å². The Morgan fingerprint density at radius 3 is 2.83 bits per heavy atom. The van der Waals surface area contributed by atoms with E-state index in [2.05, 4.69) is 0 Å². The molecule has 0 N–H and O–H groups in total. The van der Waals surface area contributed by atoms with Crippen LogP contribution in [0.4, 0.5) is 0 Å². The number of rotatable bonds is 5. The Hall–Kier alpha value is -2.36. The van der Waals surface area contributed by atoms with E-state index < -0.39 is 0 Å². The molecule has 4 heteroatoms. The third kappa shape index (κ3) is 3.52. The molecular weight excluding hydrogens is 292 g/mol. The highest BCUT2D eigenvalue weighted by atomic mass is 16.5. The fraction of sp³-hybridized carbons (Fsp3) is 0.368. The van der Waals surface area contributed by atoms with Crippen molar-refractivity contribution in [3.8, 4) is 5.75 Å². The van der Waals surface area contributed by atoms with Gasteiger partial charge in [0.15, 0.2) is 5.78 Å². The number of fused-ring (bicyclic) bond motifs is 1. The molecule has 1 aromatic carbocycles. The summed E-state index contributed by atoms with van der Waals surface area (Å²) in [6.07, 6.45) is 6.76. The summed E-state index contributed by atoms with van der Waals surface area (Å²) in [5, 5.41) is 0.854. The van der Waals surface area contributed by atoms with E-state index >= 15 is 0 Å². The van der Waals surface area contributed by atoms with E-state index in [1.807, 2.05) is 18.2 Å². The second-order valence-electron chi connectivity index (χ2n) is 5.86. The highest BCUT2D eigenvalue weighted by Gasteiger charge is 2.13. The predicted molar refractivity (Wildman–Crippen MR) is 88.9 cm³/mol. The number of methoxy groups -OCH3 is 1. The first-order chi connectivity index (χ1) is 11.2. The molecule has 1 aromatic heterocycles. The van der Waals surface area contributed by atoms with Crippen LogP contribution < -0.4 is 10.4 Å². The molecule has 23 heavy (non-hydrogen) atoms. The SMILES string of the molecule is COc1ccc2oc(=O)c(CCCC3=CCCCC3=O)cc2c1. The molecule has 120 valence electrons. The zero-order valence-electron chi connectivity index (χ0n) is 13.3. The summed E-state index contributed by atoms with van der Waals surface area (Å²) in [6, 6.07) is 7.23. The molecule has 0 bridgehead atoms. The Bertz CT molecular complexity index is 814. The minimum atomic E-state index is -0.299. The van der Waals surface area contributed by atoms with Crippen LogP contribution in [0.1, 0.15) is 37.7 Å². The van der Waals surface area contributed by atoms with Crippen molar-refractivity contribution in [3.63, 3.8) is 0 Å². The van der Waals surface area contributed by atoms with E-state index in [1.54, 1.807) is 19.2 Å². The van der Waals surface area contributed by atoms with E-state index in [9.17, 15) is 9.59 Å². The maximum absolute atomic E-state index is 12.1. The van der Waals surface area contributed by atoms with Crippen molar-refractivity contribution in [1.29, 1.82) is 0 Å². The molecule has 4 nitrogen and oxygen atoms in total. The van der Waals surface area contributed by atoms with Crippen LogP contribution in [0.3, 0.4) is 0 Å². The quantitative estimate of drug-likeness (QED) is 0.788. The van der Waals surface area contributed by atoms with Crippen molar-refractivity contribution in [2.45, 2.75) is 38.5 Å². The van der Waals surface area contributed by atoms with Crippen molar-refractivity contribution in [2.24, 2.45) is 0 Å². The van der Waals surface area contributed by atoms with Crippen LogP contribution in [0.25, 0.3) is 11.0 Å². The average Bonchev–Trinajstić information content (AvgIpc) is 2.56. The molecule has 0 unspecified atom stereocenters. The van der Waals surface area contributed by atoms with Crippen LogP contribution in [0.2, 0.25) is 0 Å². The highest BCUT2D eigenvalue weighted by Crippen LogP contribution is 2.22. The lowest BCUT2D eigenvalue weighted by molar-refractivity contribution is -0.116. The molecule has 1 aliphatic carbocycles. The van der Waals surface area contributed by atoms with Crippen LogP contribution in [0, 0.1) is 0 Å². The summed E-state index contributed by atoms with van der Waals surface area (Å²) >= 11 is 0. The molecule has 0 aliphatic heterocycles. The van der Waals surface area contributed by atoms with Gasteiger partial charge >= 0.3 is 5.63 Å². The first kappa shape index (κ1) is 15.5. The van der Waals surface area contributed by atoms with Gasteiger partial charge in [0.25, 0.3) is 0 Å².